The first kappa shape index (κ1) is 18.9. The average molecular weight is 371 g/mol. The van der Waals surface area contributed by atoms with E-state index in [1.807, 2.05) is 14.0 Å². The zero-order valence-electron chi connectivity index (χ0n) is 15.9. The molecule has 1 aromatic heterocycles. The number of carbonyl (C=O) groups is 2. The first-order valence-corrected chi connectivity index (χ1v) is 9.10. The fourth-order valence-corrected chi connectivity index (χ4v) is 2.92. The molecule has 2 aromatic rings. The summed E-state index contributed by atoms with van der Waals surface area (Å²) in [5.74, 6) is 0.281. The van der Waals surface area contributed by atoms with Crippen molar-refractivity contribution in [2.24, 2.45) is 13.0 Å². The number of esters is 1. The highest BCUT2D eigenvalue weighted by molar-refractivity contribution is 5.98. The molecule has 3 rings (SSSR count). The van der Waals surface area contributed by atoms with Crippen LogP contribution in [0.1, 0.15) is 51.2 Å². The highest BCUT2D eigenvalue weighted by Gasteiger charge is 2.19. The minimum absolute atomic E-state index is 0.280. The normalized spacial score (nSPS) is 13.7. The van der Waals surface area contributed by atoms with E-state index in [1.165, 1.54) is 19.6 Å². The molecule has 27 heavy (non-hydrogen) atoms. The van der Waals surface area contributed by atoms with Gasteiger partial charge in [0.25, 0.3) is 5.91 Å². The number of benzene rings is 1. The Bertz CT molecular complexity index is 840. The average Bonchev–Trinajstić information content (AvgIpc) is 2.95. The second-order valence-corrected chi connectivity index (χ2v) is 6.91. The van der Waals surface area contributed by atoms with Crippen molar-refractivity contribution in [1.82, 2.24) is 15.1 Å². The van der Waals surface area contributed by atoms with Gasteiger partial charge in [-0.3, -0.25) is 9.48 Å². The number of nitrogens with one attached hydrogen (secondary N) is 1. The van der Waals surface area contributed by atoms with Crippen LogP contribution in [0, 0.1) is 12.8 Å². The van der Waals surface area contributed by atoms with Crippen molar-refractivity contribution in [3.8, 4) is 5.75 Å². The van der Waals surface area contributed by atoms with Gasteiger partial charge in [-0.05, 0) is 43.9 Å². The van der Waals surface area contributed by atoms with E-state index in [9.17, 15) is 9.59 Å². The number of hydrogen-bond donors (Lipinski definition) is 1. The number of aromatic nitrogens is 2. The van der Waals surface area contributed by atoms with Crippen LogP contribution in [0.2, 0.25) is 0 Å². The SMILES string of the molecule is COC(=O)c1cc(OCC2CCC2)cc(C(=O)NCc2cnn(C)c2C)c1. The molecule has 0 unspecified atom stereocenters. The number of carbonyl (C=O) groups excluding carboxylic acids is 2. The molecule has 1 fully saturated rings. The lowest BCUT2D eigenvalue weighted by atomic mass is 9.86. The molecule has 7 heteroatoms. The van der Waals surface area contributed by atoms with Crippen molar-refractivity contribution in [1.29, 1.82) is 0 Å². The fraction of sp³-hybridized carbons (Fsp3) is 0.450. The summed E-state index contributed by atoms with van der Waals surface area (Å²) >= 11 is 0. The molecule has 1 aliphatic carbocycles. The highest BCUT2D eigenvalue weighted by Crippen LogP contribution is 2.28. The quantitative estimate of drug-likeness (QED) is 0.757. The molecular weight excluding hydrogens is 346 g/mol. The molecule has 1 aliphatic rings. The Hall–Kier alpha value is -2.83. The number of hydrogen-bond acceptors (Lipinski definition) is 5. The van der Waals surface area contributed by atoms with Gasteiger partial charge in [-0.25, -0.2) is 4.79 Å². The van der Waals surface area contributed by atoms with Gasteiger partial charge in [0.05, 0.1) is 25.5 Å². The van der Waals surface area contributed by atoms with Crippen LogP contribution < -0.4 is 10.1 Å². The number of methoxy groups -OCH3 is 1. The molecule has 1 saturated carbocycles. The topological polar surface area (TPSA) is 82.4 Å². The lowest BCUT2D eigenvalue weighted by Gasteiger charge is -2.25. The minimum atomic E-state index is -0.499. The Morgan fingerprint density at radius 3 is 2.59 bits per heavy atom. The predicted octanol–water partition coefficient (Wildman–Crippen LogP) is 2.62. The van der Waals surface area contributed by atoms with Crippen molar-refractivity contribution < 1.29 is 19.1 Å². The molecule has 1 amide bonds. The van der Waals surface area contributed by atoms with E-state index in [4.69, 9.17) is 9.47 Å². The molecule has 0 spiro atoms. The highest BCUT2D eigenvalue weighted by atomic mass is 16.5. The van der Waals surface area contributed by atoms with Crippen LogP contribution >= 0.6 is 0 Å². The summed E-state index contributed by atoms with van der Waals surface area (Å²) in [6.45, 7) is 2.90. The molecule has 0 radical (unpaired) electrons. The summed E-state index contributed by atoms with van der Waals surface area (Å²) in [6.07, 6.45) is 5.29. The molecule has 7 nitrogen and oxygen atoms in total. The zero-order chi connectivity index (χ0) is 19.4. The fourth-order valence-electron chi connectivity index (χ4n) is 2.92. The Morgan fingerprint density at radius 2 is 2.00 bits per heavy atom. The van der Waals surface area contributed by atoms with E-state index in [1.54, 1.807) is 23.0 Å². The third-order valence-corrected chi connectivity index (χ3v) is 5.08. The largest absolute Gasteiger partial charge is 0.493 e. The van der Waals surface area contributed by atoms with E-state index in [0.29, 0.717) is 35.9 Å². The van der Waals surface area contributed by atoms with E-state index in [2.05, 4.69) is 10.4 Å². The van der Waals surface area contributed by atoms with E-state index in [0.717, 1.165) is 24.1 Å². The Balaban J connectivity index is 1.73. The summed E-state index contributed by atoms with van der Waals surface area (Å²) in [5.41, 5.74) is 2.59. The molecule has 0 aliphatic heterocycles. The molecule has 0 saturated heterocycles. The number of ether oxygens (including phenoxy) is 2. The van der Waals surface area contributed by atoms with Gasteiger partial charge in [-0.1, -0.05) is 6.42 Å². The third kappa shape index (κ3) is 4.48. The van der Waals surface area contributed by atoms with Crippen LogP contribution in [0.4, 0.5) is 0 Å². The van der Waals surface area contributed by atoms with Gasteiger partial charge in [0.2, 0.25) is 0 Å². The second-order valence-electron chi connectivity index (χ2n) is 6.91. The van der Waals surface area contributed by atoms with Crippen LogP contribution in [0.3, 0.4) is 0 Å². The Morgan fingerprint density at radius 1 is 1.26 bits per heavy atom. The van der Waals surface area contributed by atoms with Crippen molar-refractivity contribution in [2.45, 2.75) is 32.7 Å². The van der Waals surface area contributed by atoms with Crippen molar-refractivity contribution in [2.75, 3.05) is 13.7 Å². The maximum Gasteiger partial charge on any atom is 0.338 e. The van der Waals surface area contributed by atoms with Crippen LogP contribution in [0.5, 0.6) is 5.75 Å². The zero-order valence-corrected chi connectivity index (χ0v) is 15.9. The van der Waals surface area contributed by atoms with Crippen molar-refractivity contribution >= 4 is 11.9 Å². The summed E-state index contributed by atoms with van der Waals surface area (Å²) in [6, 6.07) is 4.80. The van der Waals surface area contributed by atoms with Crippen LogP contribution in [0.25, 0.3) is 0 Å². The van der Waals surface area contributed by atoms with Gasteiger partial charge in [-0.2, -0.15) is 5.10 Å². The van der Waals surface area contributed by atoms with Crippen LogP contribution in [0.15, 0.2) is 24.4 Å². The van der Waals surface area contributed by atoms with E-state index >= 15 is 0 Å². The van der Waals surface area contributed by atoms with Gasteiger partial charge < -0.3 is 14.8 Å². The van der Waals surface area contributed by atoms with Gasteiger partial charge in [0, 0.05) is 30.4 Å². The lowest BCUT2D eigenvalue weighted by molar-refractivity contribution is 0.0600. The molecule has 1 aromatic carbocycles. The smallest absolute Gasteiger partial charge is 0.338 e. The van der Waals surface area contributed by atoms with Crippen molar-refractivity contribution in [3.05, 3.63) is 46.8 Å². The first-order valence-electron chi connectivity index (χ1n) is 9.10. The number of amides is 1. The molecule has 0 atom stereocenters. The second kappa shape index (κ2) is 8.24. The summed E-state index contributed by atoms with van der Waals surface area (Å²) in [4.78, 5) is 24.6. The van der Waals surface area contributed by atoms with Crippen LogP contribution in [-0.2, 0) is 18.3 Å². The molecule has 1 N–H and O–H groups in total. The molecule has 1 heterocycles. The van der Waals surface area contributed by atoms with Gasteiger partial charge in [0.15, 0.2) is 0 Å². The van der Waals surface area contributed by atoms with E-state index in [-0.39, 0.29) is 5.91 Å². The number of nitrogens with zero attached hydrogens (tertiary/aromatic N) is 2. The minimum Gasteiger partial charge on any atom is -0.493 e. The number of aryl methyl sites for hydroxylation is 1. The van der Waals surface area contributed by atoms with Crippen molar-refractivity contribution in [3.63, 3.8) is 0 Å². The number of rotatable bonds is 7. The molecule has 0 bridgehead atoms. The first-order chi connectivity index (χ1) is 13.0. The van der Waals surface area contributed by atoms with E-state index < -0.39 is 5.97 Å². The standard InChI is InChI=1S/C20H25N3O4/c1-13-17(11-22-23(13)2)10-21-19(24)15-7-16(20(25)26-3)9-18(8-15)27-12-14-5-4-6-14/h7-9,11,14H,4-6,10,12H2,1-3H3,(H,21,24). The Kier molecular flexibility index (Phi) is 5.78. The predicted molar refractivity (Wildman–Crippen MR) is 99.7 cm³/mol. The maximum atomic E-state index is 12.6. The van der Waals surface area contributed by atoms with Gasteiger partial charge in [-0.15, -0.1) is 0 Å². The summed E-state index contributed by atoms with van der Waals surface area (Å²) in [7, 11) is 3.17. The van der Waals surface area contributed by atoms with Gasteiger partial charge in [0.1, 0.15) is 5.75 Å². The van der Waals surface area contributed by atoms with Crippen LogP contribution in [-0.4, -0.2) is 35.4 Å². The maximum absolute atomic E-state index is 12.6. The molecular formula is C20H25N3O4. The summed E-state index contributed by atoms with van der Waals surface area (Å²) < 4.78 is 12.4. The monoisotopic (exact) mass is 371 g/mol. The molecule has 144 valence electrons. The summed E-state index contributed by atoms with van der Waals surface area (Å²) in [5, 5.41) is 7.04. The lowest BCUT2D eigenvalue weighted by Crippen LogP contribution is -2.24. The van der Waals surface area contributed by atoms with Gasteiger partial charge >= 0.3 is 5.97 Å². The third-order valence-electron chi connectivity index (χ3n) is 5.08. The Labute approximate surface area is 158 Å².